The van der Waals surface area contributed by atoms with Crippen molar-refractivity contribution >= 4 is 28.4 Å². The van der Waals surface area contributed by atoms with Gasteiger partial charge in [-0.3, -0.25) is 5.32 Å². The van der Waals surface area contributed by atoms with Gasteiger partial charge < -0.3 is 9.47 Å². The largest absolute Gasteiger partial charge is 0.462 e. The molecule has 1 amide bonds. The second kappa shape index (κ2) is 9.53. The molecule has 0 unspecified atom stereocenters. The molecule has 0 saturated carbocycles. The van der Waals surface area contributed by atoms with Gasteiger partial charge in [0.05, 0.1) is 6.61 Å². The van der Waals surface area contributed by atoms with Crippen molar-refractivity contribution in [1.82, 2.24) is 0 Å². The van der Waals surface area contributed by atoms with Gasteiger partial charge in [0.15, 0.2) is 0 Å². The second-order valence-corrected chi connectivity index (χ2v) is 8.77. The Balaban J connectivity index is 1.36. The minimum Gasteiger partial charge on any atom is -0.462 e. The Hall–Kier alpha value is -3.90. The Morgan fingerprint density at radius 1 is 0.824 bits per heavy atom. The summed E-state index contributed by atoms with van der Waals surface area (Å²) in [6, 6.07) is 25.9. The molecule has 0 atom stereocenters. The summed E-state index contributed by atoms with van der Waals surface area (Å²) in [5.74, 6) is -0.512. The van der Waals surface area contributed by atoms with E-state index in [0.717, 1.165) is 22.3 Å². The van der Waals surface area contributed by atoms with Crippen LogP contribution in [0, 0.1) is 0 Å². The molecule has 5 nitrogen and oxygen atoms in total. The Morgan fingerprint density at radius 2 is 1.44 bits per heavy atom. The molecule has 1 N–H and O–H groups in total. The molecule has 1 aliphatic rings. The molecule has 1 aliphatic carbocycles. The second-order valence-electron chi connectivity index (χ2n) is 7.89. The zero-order valence-corrected chi connectivity index (χ0v) is 19.4. The van der Waals surface area contributed by atoms with Crippen molar-refractivity contribution in [1.29, 1.82) is 0 Å². The lowest BCUT2D eigenvalue weighted by molar-refractivity contribution is 0.0529. The van der Waals surface area contributed by atoms with E-state index >= 15 is 0 Å². The molecule has 0 radical (unpaired) electrons. The first-order valence-electron chi connectivity index (χ1n) is 11.1. The van der Waals surface area contributed by atoms with Gasteiger partial charge in [-0.25, -0.2) is 9.59 Å². The Bertz CT molecular complexity index is 1300. The van der Waals surface area contributed by atoms with Gasteiger partial charge in [-0.1, -0.05) is 78.9 Å². The summed E-state index contributed by atoms with van der Waals surface area (Å²) in [5, 5.41) is 5.03. The van der Waals surface area contributed by atoms with Crippen molar-refractivity contribution in [2.75, 3.05) is 18.5 Å². The fourth-order valence-corrected chi connectivity index (χ4v) is 5.36. The third-order valence-electron chi connectivity index (χ3n) is 5.91. The molecule has 1 heterocycles. The fraction of sp³-hybridized carbons (Fsp3) is 0.143. The highest BCUT2D eigenvalue weighted by Gasteiger charge is 2.29. The van der Waals surface area contributed by atoms with Crippen molar-refractivity contribution in [3.8, 4) is 22.3 Å². The summed E-state index contributed by atoms with van der Waals surface area (Å²) >= 11 is 1.28. The first-order chi connectivity index (χ1) is 16.7. The monoisotopic (exact) mass is 469 g/mol. The highest BCUT2D eigenvalue weighted by molar-refractivity contribution is 7.15. The highest BCUT2D eigenvalue weighted by Crippen LogP contribution is 2.44. The molecule has 0 spiro atoms. The molecule has 34 heavy (non-hydrogen) atoms. The van der Waals surface area contributed by atoms with Crippen LogP contribution in [-0.2, 0) is 9.47 Å². The number of fused-ring (bicyclic) bond motifs is 3. The summed E-state index contributed by atoms with van der Waals surface area (Å²) in [6.07, 6.45) is -0.603. The van der Waals surface area contributed by atoms with Gasteiger partial charge in [0, 0.05) is 16.9 Å². The van der Waals surface area contributed by atoms with Crippen LogP contribution < -0.4 is 5.32 Å². The van der Waals surface area contributed by atoms with Crippen LogP contribution in [0.1, 0.15) is 34.3 Å². The van der Waals surface area contributed by atoms with Crippen LogP contribution in [0.25, 0.3) is 22.3 Å². The van der Waals surface area contributed by atoms with Crippen LogP contribution >= 0.6 is 11.3 Å². The molecule has 5 rings (SSSR count). The van der Waals surface area contributed by atoms with Crippen molar-refractivity contribution in [3.63, 3.8) is 0 Å². The van der Waals surface area contributed by atoms with Gasteiger partial charge in [0.2, 0.25) is 0 Å². The lowest BCUT2D eigenvalue weighted by Crippen LogP contribution is -2.19. The van der Waals surface area contributed by atoms with Crippen LogP contribution in [0.3, 0.4) is 0 Å². The molecular formula is C28H23NO4S. The van der Waals surface area contributed by atoms with E-state index in [4.69, 9.17) is 9.47 Å². The number of anilines is 1. The van der Waals surface area contributed by atoms with E-state index < -0.39 is 12.1 Å². The number of hydrogen-bond donors (Lipinski definition) is 1. The fourth-order valence-electron chi connectivity index (χ4n) is 4.41. The van der Waals surface area contributed by atoms with Crippen molar-refractivity contribution in [2.24, 2.45) is 0 Å². The molecule has 0 aliphatic heterocycles. The third-order valence-corrected chi connectivity index (χ3v) is 6.81. The van der Waals surface area contributed by atoms with Gasteiger partial charge in [-0.15, -0.1) is 11.3 Å². The Kier molecular flexibility index (Phi) is 6.14. The molecule has 6 heteroatoms. The number of thiophene rings is 1. The predicted octanol–water partition coefficient (Wildman–Crippen LogP) is 6.95. The zero-order valence-electron chi connectivity index (χ0n) is 18.6. The van der Waals surface area contributed by atoms with Crippen LogP contribution in [-0.4, -0.2) is 25.3 Å². The average molecular weight is 470 g/mol. The van der Waals surface area contributed by atoms with E-state index in [-0.39, 0.29) is 19.1 Å². The topological polar surface area (TPSA) is 64.6 Å². The van der Waals surface area contributed by atoms with E-state index in [1.165, 1.54) is 22.5 Å². The quantitative estimate of drug-likeness (QED) is 0.310. The third kappa shape index (κ3) is 4.08. The maximum Gasteiger partial charge on any atom is 0.412 e. The summed E-state index contributed by atoms with van der Waals surface area (Å²) in [5.41, 5.74) is 6.56. The molecule has 0 fully saturated rings. The van der Waals surface area contributed by atoms with Crippen LogP contribution in [0.4, 0.5) is 9.80 Å². The number of carbonyl (C=O) groups excluding carboxylic acids is 2. The maximum absolute atomic E-state index is 12.8. The minimum atomic E-state index is -0.603. The molecule has 3 aromatic carbocycles. The Morgan fingerprint density at radius 3 is 2.09 bits per heavy atom. The number of ether oxygens (including phenoxy) is 2. The number of hydrogen-bond acceptors (Lipinski definition) is 5. The lowest BCUT2D eigenvalue weighted by Gasteiger charge is -2.14. The predicted molar refractivity (Wildman–Crippen MR) is 134 cm³/mol. The molecule has 0 saturated heterocycles. The SMILES string of the molecule is CCOC(=O)c1c(-c2ccccc2)csc1NC(=O)OCC1c2ccccc2-c2ccccc21. The van der Waals surface area contributed by atoms with Gasteiger partial charge in [-0.2, -0.15) is 0 Å². The van der Waals surface area contributed by atoms with E-state index in [1.54, 1.807) is 6.92 Å². The first kappa shape index (κ1) is 21.9. The summed E-state index contributed by atoms with van der Waals surface area (Å²) in [7, 11) is 0. The van der Waals surface area contributed by atoms with Crippen LogP contribution in [0.5, 0.6) is 0 Å². The lowest BCUT2D eigenvalue weighted by atomic mass is 9.98. The Labute approximate surface area is 202 Å². The maximum atomic E-state index is 12.8. The number of nitrogens with one attached hydrogen (secondary N) is 1. The smallest absolute Gasteiger partial charge is 0.412 e. The highest BCUT2D eigenvalue weighted by atomic mass is 32.1. The van der Waals surface area contributed by atoms with E-state index in [0.29, 0.717) is 10.6 Å². The van der Waals surface area contributed by atoms with E-state index in [9.17, 15) is 9.59 Å². The summed E-state index contributed by atoms with van der Waals surface area (Å²) in [4.78, 5) is 25.5. The van der Waals surface area contributed by atoms with Gasteiger partial charge >= 0.3 is 12.1 Å². The van der Waals surface area contributed by atoms with Crippen LogP contribution in [0.2, 0.25) is 0 Å². The zero-order chi connectivity index (χ0) is 23.5. The van der Waals surface area contributed by atoms with Gasteiger partial charge in [-0.05, 0) is 34.7 Å². The standard InChI is InChI=1S/C28H23NO4S/c1-2-32-27(30)25-24(18-10-4-3-5-11-18)17-34-26(25)29-28(31)33-16-23-21-14-8-6-12-19(21)20-13-7-9-15-22(20)23/h3-15,17,23H,2,16H2,1H3,(H,29,31). The molecule has 4 aromatic rings. The van der Waals surface area contributed by atoms with Crippen molar-refractivity contribution < 1.29 is 19.1 Å². The van der Waals surface area contributed by atoms with Crippen molar-refractivity contribution in [2.45, 2.75) is 12.8 Å². The number of carbonyl (C=O) groups is 2. The summed E-state index contributed by atoms with van der Waals surface area (Å²) in [6.45, 7) is 2.20. The molecule has 1 aromatic heterocycles. The number of esters is 1. The van der Waals surface area contributed by atoms with Crippen molar-refractivity contribution in [3.05, 3.63) is 101 Å². The van der Waals surface area contributed by atoms with Crippen LogP contribution in [0.15, 0.2) is 84.2 Å². The number of amides is 1. The van der Waals surface area contributed by atoms with E-state index in [1.807, 2.05) is 60.0 Å². The minimum absolute atomic E-state index is 0.0362. The molecule has 0 bridgehead atoms. The average Bonchev–Trinajstić information content (AvgIpc) is 3.43. The molecular weight excluding hydrogens is 446 g/mol. The summed E-state index contributed by atoms with van der Waals surface area (Å²) < 4.78 is 10.9. The number of benzene rings is 3. The van der Waals surface area contributed by atoms with Gasteiger partial charge in [0.25, 0.3) is 0 Å². The van der Waals surface area contributed by atoms with E-state index in [2.05, 4.69) is 29.6 Å². The molecule has 170 valence electrons. The normalized spacial score (nSPS) is 12.0. The van der Waals surface area contributed by atoms with Gasteiger partial charge in [0.1, 0.15) is 17.2 Å². The number of rotatable bonds is 6. The first-order valence-corrected chi connectivity index (χ1v) is 12.0.